The lowest BCUT2D eigenvalue weighted by Gasteiger charge is -2.26. The minimum atomic E-state index is -0.435. The van der Waals surface area contributed by atoms with Crippen LogP contribution in [-0.2, 0) is 6.54 Å². The van der Waals surface area contributed by atoms with Gasteiger partial charge in [-0.15, -0.1) is 0 Å². The van der Waals surface area contributed by atoms with Gasteiger partial charge in [-0.25, -0.2) is 0 Å². The van der Waals surface area contributed by atoms with Crippen molar-refractivity contribution in [3.63, 3.8) is 0 Å². The summed E-state index contributed by atoms with van der Waals surface area (Å²) < 4.78 is 5.41. The van der Waals surface area contributed by atoms with Gasteiger partial charge in [0.05, 0.1) is 6.10 Å². The van der Waals surface area contributed by atoms with Gasteiger partial charge in [0.1, 0.15) is 11.8 Å². The molecule has 1 rings (SSSR count). The van der Waals surface area contributed by atoms with Gasteiger partial charge in [-0.2, -0.15) is 5.26 Å². The summed E-state index contributed by atoms with van der Waals surface area (Å²) in [7, 11) is 0. The van der Waals surface area contributed by atoms with Gasteiger partial charge in [0.25, 0.3) is 0 Å². The molecule has 0 heterocycles. The van der Waals surface area contributed by atoms with Crippen molar-refractivity contribution in [1.29, 1.82) is 5.26 Å². The summed E-state index contributed by atoms with van der Waals surface area (Å²) in [4.78, 5) is 0. The van der Waals surface area contributed by atoms with Crippen molar-refractivity contribution < 1.29 is 9.84 Å². The molecular weight excluding hydrogens is 264 g/mol. The number of benzene rings is 1. The lowest BCUT2D eigenvalue weighted by atomic mass is 9.87. The largest absolute Gasteiger partial charge is 0.476 e. The third kappa shape index (κ3) is 7.12. The second kappa shape index (κ2) is 8.02. The molecule has 2 unspecified atom stereocenters. The Hall–Kier alpha value is -1.57. The third-order valence-electron chi connectivity index (χ3n) is 3.20. The van der Waals surface area contributed by atoms with Crippen LogP contribution in [0, 0.1) is 16.7 Å². The van der Waals surface area contributed by atoms with Crippen LogP contribution in [0.3, 0.4) is 0 Å². The molecule has 0 amide bonds. The van der Waals surface area contributed by atoms with Gasteiger partial charge in [0.15, 0.2) is 6.10 Å². The number of nitrogens with one attached hydrogen (secondary N) is 1. The van der Waals surface area contributed by atoms with E-state index in [4.69, 9.17) is 10.00 Å². The Bertz CT molecular complexity index is 461. The molecule has 0 radical (unpaired) electrons. The summed E-state index contributed by atoms with van der Waals surface area (Å²) in [6, 6.07) is 9.79. The highest BCUT2D eigenvalue weighted by atomic mass is 16.5. The van der Waals surface area contributed by atoms with Crippen molar-refractivity contribution in [3.8, 4) is 11.8 Å². The average Bonchev–Trinajstić information content (AvgIpc) is 2.39. The first-order valence-corrected chi connectivity index (χ1v) is 7.36. The topological polar surface area (TPSA) is 65.3 Å². The van der Waals surface area contributed by atoms with Gasteiger partial charge >= 0.3 is 0 Å². The third-order valence-corrected chi connectivity index (χ3v) is 3.20. The molecule has 0 aliphatic heterocycles. The molecule has 0 spiro atoms. The van der Waals surface area contributed by atoms with Crippen LogP contribution in [0.2, 0.25) is 0 Å². The van der Waals surface area contributed by atoms with Gasteiger partial charge in [0, 0.05) is 13.1 Å². The fourth-order valence-electron chi connectivity index (χ4n) is 2.33. The van der Waals surface area contributed by atoms with E-state index in [0.717, 1.165) is 19.5 Å². The van der Waals surface area contributed by atoms with Crippen molar-refractivity contribution in [2.45, 2.75) is 52.9 Å². The number of nitrogens with zero attached hydrogens (tertiary/aromatic N) is 1. The van der Waals surface area contributed by atoms with E-state index in [-0.39, 0.29) is 11.5 Å². The molecule has 0 aliphatic carbocycles. The van der Waals surface area contributed by atoms with Gasteiger partial charge in [0.2, 0.25) is 0 Å². The molecule has 4 nitrogen and oxygen atoms in total. The summed E-state index contributed by atoms with van der Waals surface area (Å²) >= 11 is 0. The van der Waals surface area contributed by atoms with E-state index in [1.807, 2.05) is 37.3 Å². The fraction of sp³-hybridized carbons (Fsp3) is 0.588. The molecule has 2 atom stereocenters. The first kappa shape index (κ1) is 17.5. The second-order valence-electron chi connectivity index (χ2n) is 6.35. The van der Waals surface area contributed by atoms with Crippen LogP contribution in [0.15, 0.2) is 24.3 Å². The molecule has 21 heavy (non-hydrogen) atoms. The SMILES string of the molecule is CC(O)CC(C)(C)CNCc1ccc(OC(C)C#N)cc1. The van der Waals surface area contributed by atoms with Gasteiger partial charge in [-0.3, -0.25) is 0 Å². The van der Waals surface area contributed by atoms with Crippen LogP contribution in [0.25, 0.3) is 0 Å². The molecule has 0 aliphatic rings. The van der Waals surface area contributed by atoms with Gasteiger partial charge < -0.3 is 15.2 Å². The predicted octanol–water partition coefficient (Wildman–Crippen LogP) is 2.86. The van der Waals surface area contributed by atoms with E-state index >= 15 is 0 Å². The number of aliphatic hydroxyl groups excluding tert-OH is 1. The maximum Gasteiger partial charge on any atom is 0.181 e. The van der Waals surface area contributed by atoms with Crippen LogP contribution >= 0.6 is 0 Å². The van der Waals surface area contributed by atoms with Crippen LogP contribution in [0.4, 0.5) is 0 Å². The van der Waals surface area contributed by atoms with E-state index in [9.17, 15) is 5.11 Å². The normalized spacial score (nSPS) is 14.3. The van der Waals surface area contributed by atoms with E-state index in [0.29, 0.717) is 5.75 Å². The van der Waals surface area contributed by atoms with Crippen LogP contribution in [0.1, 0.15) is 39.7 Å². The molecule has 0 saturated carbocycles. The molecular formula is C17H26N2O2. The molecule has 1 aromatic carbocycles. The summed E-state index contributed by atoms with van der Waals surface area (Å²) in [5.74, 6) is 0.710. The zero-order valence-corrected chi connectivity index (χ0v) is 13.4. The molecule has 1 aromatic rings. The minimum Gasteiger partial charge on any atom is -0.476 e. The Kier molecular flexibility index (Phi) is 6.67. The van der Waals surface area contributed by atoms with E-state index in [1.54, 1.807) is 6.92 Å². The Morgan fingerprint density at radius 1 is 1.29 bits per heavy atom. The van der Waals surface area contributed by atoms with Crippen molar-refractivity contribution in [2.24, 2.45) is 5.41 Å². The number of rotatable bonds is 8. The lowest BCUT2D eigenvalue weighted by Crippen LogP contribution is -2.31. The summed E-state index contributed by atoms with van der Waals surface area (Å²) in [5.41, 5.74) is 1.24. The first-order valence-electron chi connectivity index (χ1n) is 7.36. The summed E-state index contributed by atoms with van der Waals surface area (Å²) in [6.45, 7) is 9.46. The van der Waals surface area contributed by atoms with Crippen LogP contribution < -0.4 is 10.1 Å². The van der Waals surface area contributed by atoms with E-state index in [2.05, 4.69) is 19.2 Å². The minimum absolute atomic E-state index is 0.0689. The van der Waals surface area contributed by atoms with E-state index in [1.165, 1.54) is 5.56 Å². The molecule has 0 fully saturated rings. The predicted molar refractivity (Wildman–Crippen MR) is 83.9 cm³/mol. The number of nitriles is 1. The Morgan fingerprint density at radius 3 is 2.43 bits per heavy atom. The maximum atomic E-state index is 9.46. The zero-order chi connectivity index (χ0) is 15.9. The Morgan fingerprint density at radius 2 is 1.90 bits per heavy atom. The Labute approximate surface area is 127 Å². The van der Waals surface area contributed by atoms with Gasteiger partial charge in [-0.05, 0) is 43.4 Å². The monoisotopic (exact) mass is 290 g/mol. The Balaban J connectivity index is 2.41. The molecule has 0 bridgehead atoms. The van der Waals surface area contributed by atoms with Crippen molar-refractivity contribution in [3.05, 3.63) is 29.8 Å². The van der Waals surface area contributed by atoms with Crippen molar-refractivity contribution in [2.75, 3.05) is 6.54 Å². The highest BCUT2D eigenvalue weighted by molar-refractivity contribution is 5.27. The molecule has 116 valence electrons. The summed E-state index contributed by atoms with van der Waals surface area (Å²) in [5, 5.41) is 21.6. The standard InChI is InChI=1S/C17H26N2O2/c1-13(20)9-17(3,4)12-19-11-15-5-7-16(8-6-15)21-14(2)10-18/h5-8,13-14,19-20H,9,11-12H2,1-4H3. The molecule has 0 saturated heterocycles. The molecule has 2 N–H and O–H groups in total. The van der Waals surface area contributed by atoms with Crippen molar-refractivity contribution >= 4 is 0 Å². The average molecular weight is 290 g/mol. The number of hydrogen-bond acceptors (Lipinski definition) is 4. The number of aliphatic hydroxyl groups is 1. The molecule has 0 aromatic heterocycles. The first-order chi connectivity index (χ1) is 9.82. The quantitative estimate of drug-likeness (QED) is 0.772. The maximum absolute atomic E-state index is 9.46. The highest BCUT2D eigenvalue weighted by Crippen LogP contribution is 2.21. The van der Waals surface area contributed by atoms with E-state index < -0.39 is 6.10 Å². The van der Waals surface area contributed by atoms with Gasteiger partial charge in [-0.1, -0.05) is 26.0 Å². The number of ether oxygens (including phenoxy) is 1. The second-order valence-corrected chi connectivity index (χ2v) is 6.35. The zero-order valence-electron chi connectivity index (χ0n) is 13.4. The highest BCUT2D eigenvalue weighted by Gasteiger charge is 2.19. The fourth-order valence-corrected chi connectivity index (χ4v) is 2.33. The van der Waals surface area contributed by atoms with Crippen molar-refractivity contribution in [1.82, 2.24) is 5.32 Å². The number of hydrogen-bond donors (Lipinski definition) is 2. The lowest BCUT2D eigenvalue weighted by molar-refractivity contribution is 0.128. The van der Waals surface area contributed by atoms with Crippen LogP contribution in [0.5, 0.6) is 5.75 Å². The van der Waals surface area contributed by atoms with Crippen LogP contribution in [-0.4, -0.2) is 23.9 Å². The molecule has 4 heteroatoms. The smallest absolute Gasteiger partial charge is 0.181 e. The summed E-state index contributed by atoms with van der Waals surface area (Å²) in [6.07, 6.45) is 0.0642.